The lowest BCUT2D eigenvalue weighted by atomic mass is 10.2. The number of halogens is 1. The van der Waals surface area contributed by atoms with E-state index < -0.39 is 0 Å². The lowest BCUT2D eigenvalue weighted by Gasteiger charge is -2.10. The van der Waals surface area contributed by atoms with Crippen LogP contribution in [0.5, 0.6) is 0 Å². The molecule has 3 aromatic rings. The summed E-state index contributed by atoms with van der Waals surface area (Å²) in [4.78, 5) is 21.1. The predicted octanol–water partition coefficient (Wildman–Crippen LogP) is 3.19. The molecule has 0 saturated carbocycles. The smallest absolute Gasteiger partial charge is 0.253 e. The second-order valence-corrected chi connectivity index (χ2v) is 7.43. The van der Waals surface area contributed by atoms with E-state index in [1.807, 2.05) is 45.0 Å². The van der Waals surface area contributed by atoms with Gasteiger partial charge < -0.3 is 5.32 Å². The number of rotatable bonds is 5. The van der Waals surface area contributed by atoms with Crippen molar-refractivity contribution in [3.63, 3.8) is 0 Å². The van der Waals surface area contributed by atoms with Crippen molar-refractivity contribution in [1.82, 2.24) is 24.9 Å². The molecule has 0 aliphatic rings. The van der Waals surface area contributed by atoms with E-state index in [2.05, 4.69) is 20.4 Å². The molecule has 25 heavy (non-hydrogen) atoms. The third kappa shape index (κ3) is 4.11. The Morgan fingerprint density at radius 2 is 2.08 bits per heavy atom. The Kier molecular flexibility index (Phi) is 5.24. The van der Waals surface area contributed by atoms with Gasteiger partial charge in [0.1, 0.15) is 0 Å². The van der Waals surface area contributed by atoms with E-state index in [1.165, 1.54) is 11.8 Å². The molecule has 0 saturated heterocycles. The quantitative estimate of drug-likeness (QED) is 0.693. The Bertz CT molecular complexity index is 927. The number of hydrogen-bond donors (Lipinski definition) is 1. The summed E-state index contributed by atoms with van der Waals surface area (Å²) >= 11 is 7.41. The van der Waals surface area contributed by atoms with Gasteiger partial charge in [0.05, 0.1) is 5.25 Å². The topological polar surface area (TPSA) is 72.2 Å². The third-order valence-electron chi connectivity index (χ3n) is 3.66. The van der Waals surface area contributed by atoms with Crippen molar-refractivity contribution in [3.05, 3.63) is 52.3 Å². The third-order valence-corrected chi connectivity index (χ3v) is 4.98. The van der Waals surface area contributed by atoms with Gasteiger partial charge in [-0.2, -0.15) is 4.98 Å². The Morgan fingerprint density at radius 1 is 1.32 bits per heavy atom. The molecule has 1 aromatic carbocycles. The molecule has 2 heterocycles. The van der Waals surface area contributed by atoms with E-state index in [-0.39, 0.29) is 11.2 Å². The molecule has 0 aliphatic heterocycles. The highest BCUT2D eigenvalue weighted by molar-refractivity contribution is 8.00. The fraction of sp³-hybridized carbons (Fsp3) is 0.294. The van der Waals surface area contributed by atoms with Gasteiger partial charge in [0.15, 0.2) is 0 Å². The molecule has 0 unspecified atom stereocenters. The first-order valence-electron chi connectivity index (χ1n) is 7.83. The van der Waals surface area contributed by atoms with Crippen LogP contribution >= 0.6 is 23.4 Å². The van der Waals surface area contributed by atoms with Crippen molar-refractivity contribution in [2.75, 3.05) is 0 Å². The fourth-order valence-corrected chi connectivity index (χ4v) is 3.35. The maximum absolute atomic E-state index is 12.3. The predicted molar refractivity (Wildman–Crippen MR) is 98.9 cm³/mol. The van der Waals surface area contributed by atoms with E-state index in [9.17, 15) is 4.79 Å². The fourth-order valence-electron chi connectivity index (χ4n) is 2.38. The molecule has 1 atom stereocenters. The van der Waals surface area contributed by atoms with Gasteiger partial charge in [-0.1, -0.05) is 41.6 Å². The molecular formula is C17H18ClN5OS. The maximum Gasteiger partial charge on any atom is 0.253 e. The molecule has 1 amide bonds. The van der Waals surface area contributed by atoms with Crippen molar-refractivity contribution in [1.29, 1.82) is 0 Å². The molecule has 0 radical (unpaired) electrons. The van der Waals surface area contributed by atoms with Gasteiger partial charge in [0.25, 0.3) is 5.78 Å². The number of aryl methyl sites for hydroxylation is 2. The Hall–Kier alpha value is -2.12. The zero-order chi connectivity index (χ0) is 18.0. The van der Waals surface area contributed by atoms with Gasteiger partial charge in [-0.25, -0.2) is 9.50 Å². The van der Waals surface area contributed by atoms with Gasteiger partial charge in [0, 0.05) is 23.0 Å². The molecule has 0 bridgehead atoms. The minimum Gasteiger partial charge on any atom is -0.351 e. The summed E-state index contributed by atoms with van der Waals surface area (Å²) in [6, 6.07) is 9.39. The van der Waals surface area contributed by atoms with Crippen molar-refractivity contribution in [2.45, 2.75) is 37.7 Å². The van der Waals surface area contributed by atoms with Gasteiger partial charge in [-0.3, -0.25) is 4.79 Å². The molecular weight excluding hydrogens is 358 g/mol. The molecule has 0 spiro atoms. The van der Waals surface area contributed by atoms with Crippen LogP contribution in [0.2, 0.25) is 5.02 Å². The number of nitrogens with zero attached hydrogens (tertiary/aromatic N) is 4. The molecule has 3 rings (SSSR count). The van der Waals surface area contributed by atoms with E-state index in [0.29, 0.717) is 22.5 Å². The van der Waals surface area contributed by atoms with Crippen molar-refractivity contribution in [2.24, 2.45) is 0 Å². The van der Waals surface area contributed by atoms with Crippen LogP contribution in [-0.4, -0.2) is 30.7 Å². The summed E-state index contributed by atoms with van der Waals surface area (Å²) in [6.07, 6.45) is 0. The minimum atomic E-state index is -0.332. The largest absolute Gasteiger partial charge is 0.351 e. The molecule has 1 N–H and O–H groups in total. The minimum absolute atomic E-state index is 0.0929. The number of nitrogens with one attached hydrogen (secondary N) is 1. The van der Waals surface area contributed by atoms with Crippen molar-refractivity contribution in [3.8, 4) is 0 Å². The number of carbonyl (C=O) groups is 1. The van der Waals surface area contributed by atoms with Crippen LogP contribution in [0.25, 0.3) is 5.78 Å². The lowest BCUT2D eigenvalue weighted by molar-refractivity contribution is -0.120. The van der Waals surface area contributed by atoms with Gasteiger partial charge in [0.2, 0.25) is 11.1 Å². The number of aromatic nitrogens is 4. The number of hydrogen-bond acceptors (Lipinski definition) is 5. The van der Waals surface area contributed by atoms with Crippen LogP contribution in [0.3, 0.4) is 0 Å². The summed E-state index contributed by atoms with van der Waals surface area (Å²) in [5, 5.41) is 8.14. The monoisotopic (exact) mass is 375 g/mol. The molecule has 2 aromatic heterocycles. The number of benzene rings is 1. The first-order valence-corrected chi connectivity index (χ1v) is 9.08. The number of carbonyl (C=O) groups excluding carboxylic acids is 1. The van der Waals surface area contributed by atoms with Crippen LogP contribution in [0.1, 0.15) is 23.9 Å². The highest BCUT2D eigenvalue weighted by Crippen LogP contribution is 2.21. The zero-order valence-electron chi connectivity index (χ0n) is 14.2. The number of fused-ring (bicyclic) bond motifs is 1. The molecule has 130 valence electrons. The Morgan fingerprint density at radius 3 is 2.84 bits per heavy atom. The van der Waals surface area contributed by atoms with Gasteiger partial charge in [-0.15, -0.1) is 5.10 Å². The summed E-state index contributed by atoms with van der Waals surface area (Å²) < 4.78 is 1.68. The lowest BCUT2D eigenvalue weighted by Crippen LogP contribution is -2.30. The van der Waals surface area contributed by atoms with Gasteiger partial charge in [-0.05, 0) is 38.5 Å². The Labute approximate surface area is 155 Å². The number of thioether (sulfide) groups is 1. The van der Waals surface area contributed by atoms with Crippen LogP contribution in [0, 0.1) is 13.8 Å². The molecule has 0 fully saturated rings. The summed E-state index contributed by atoms with van der Waals surface area (Å²) in [5.41, 5.74) is 2.73. The zero-order valence-corrected chi connectivity index (χ0v) is 15.7. The highest BCUT2D eigenvalue weighted by atomic mass is 35.5. The van der Waals surface area contributed by atoms with E-state index >= 15 is 0 Å². The maximum atomic E-state index is 12.3. The molecule has 6 nitrogen and oxygen atoms in total. The number of amides is 1. The van der Waals surface area contributed by atoms with E-state index in [1.54, 1.807) is 10.6 Å². The van der Waals surface area contributed by atoms with Crippen LogP contribution in [0.4, 0.5) is 0 Å². The van der Waals surface area contributed by atoms with Crippen LogP contribution in [0.15, 0.2) is 35.5 Å². The standard InChI is InChI=1S/C17H18ClN5OS/c1-10-8-11(2)23-16(20-10)21-17(22-23)25-12(3)15(24)19-9-13-6-4-5-7-14(13)18/h4-8,12H,9H2,1-3H3,(H,19,24)/t12-/m1/s1. The summed E-state index contributed by atoms with van der Waals surface area (Å²) in [6.45, 7) is 6.08. The second-order valence-electron chi connectivity index (χ2n) is 5.71. The van der Waals surface area contributed by atoms with Crippen LogP contribution in [-0.2, 0) is 11.3 Å². The van der Waals surface area contributed by atoms with E-state index in [4.69, 9.17) is 11.6 Å². The molecule has 0 aliphatic carbocycles. The Balaban J connectivity index is 1.65. The first-order chi connectivity index (χ1) is 11.9. The summed E-state index contributed by atoms with van der Waals surface area (Å²) in [7, 11) is 0. The van der Waals surface area contributed by atoms with Gasteiger partial charge >= 0.3 is 0 Å². The average Bonchev–Trinajstić information content (AvgIpc) is 2.96. The highest BCUT2D eigenvalue weighted by Gasteiger charge is 2.18. The van der Waals surface area contributed by atoms with Crippen molar-refractivity contribution >= 4 is 35.0 Å². The van der Waals surface area contributed by atoms with Crippen LogP contribution < -0.4 is 5.32 Å². The first kappa shape index (κ1) is 17.7. The summed E-state index contributed by atoms with van der Waals surface area (Å²) in [5.74, 6) is 0.452. The normalized spacial score (nSPS) is 12.3. The molecule has 8 heteroatoms. The second kappa shape index (κ2) is 7.41. The van der Waals surface area contributed by atoms with E-state index in [0.717, 1.165) is 17.0 Å². The van der Waals surface area contributed by atoms with Crippen molar-refractivity contribution < 1.29 is 4.79 Å². The SMILES string of the molecule is Cc1cc(C)n2nc(S[C@H](C)C(=O)NCc3ccccc3Cl)nc2n1. The average molecular weight is 376 g/mol.